The summed E-state index contributed by atoms with van der Waals surface area (Å²) in [5, 5.41) is 22.4. The summed E-state index contributed by atoms with van der Waals surface area (Å²) < 4.78 is 63.1. The van der Waals surface area contributed by atoms with E-state index in [1.165, 1.54) is 24.3 Å². The molecule has 0 aliphatic heterocycles. The summed E-state index contributed by atoms with van der Waals surface area (Å²) in [6, 6.07) is 7.06. The molecule has 0 unspecified atom stereocenters. The van der Waals surface area contributed by atoms with Gasteiger partial charge >= 0.3 is 6.18 Å². The topological polar surface area (TPSA) is 140 Å². The summed E-state index contributed by atoms with van der Waals surface area (Å²) in [5.74, 6) is -0.373. The molecule has 0 saturated heterocycles. The predicted octanol–water partition coefficient (Wildman–Crippen LogP) is 1.34. The van der Waals surface area contributed by atoms with Gasteiger partial charge in [-0.3, -0.25) is 0 Å². The van der Waals surface area contributed by atoms with Crippen LogP contribution >= 0.6 is 0 Å². The van der Waals surface area contributed by atoms with E-state index in [2.05, 4.69) is 20.0 Å². The van der Waals surface area contributed by atoms with Gasteiger partial charge in [-0.1, -0.05) is 0 Å². The number of benzene rings is 1. The standard InChI is InChI=1S/C15H15F3N6O3S/c16-15(17,18)9-21-13-10(7-19)8-20-14(24-13)23-11-1-3-12(4-2-11)28(26,27)22-5-6-25/h1-4,8,22,25H,5-6,9H2,(H2,20,21,23,24). The van der Waals surface area contributed by atoms with Crippen molar-refractivity contribution in [2.24, 2.45) is 0 Å². The number of aliphatic hydroxyl groups is 1. The van der Waals surface area contributed by atoms with Crippen LogP contribution in [0.4, 0.5) is 30.6 Å². The third kappa shape index (κ3) is 6.05. The zero-order valence-electron chi connectivity index (χ0n) is 14.2. The van der Waals surface area contributed by atoms with Gasteiger partial charge in [-0.2, -0.15) is 23.4 Å². The van der Waals surface area contributed by atoms with Crippen LogP contribution in [0.25, 0.3) is 0 Å². The summed E-state index contributed by atoms with van der Waals surface area (Å²) in [6.45, 7) is -1.85. The minimum atomic E-state index is -4.49. The number of sulfonamides is 1. The number of rotatable bonds is 8. The van der Waals surface area contributed by atoms with Crippen molar-refractivity contribution in [2.75, 3.05) is 30.3 Å². The smallest absolute Gasteiger partial charge is 0.395 e. The third-order valence-electron chi connectivity index (χ3n) is 3.19. The minimum Gasteiger partial charge on any atom is -0.395 e. The second-order valence-electron chi connectivity index (χ2n) is 5.31. The first kappa shape index (κ1) is 21.4. The lowest BCUT2D eigenvalue weighted by molar-refractivity contribution is -0.115. The molecule has 0 saturated carbocycles. The van der Waals surface area contributed by atoms with Crippen molar-refractivity contribution in [2.45, 2.75) is 11.1 Å². The molecule has 0 aliphatic carbocycles. The quantitative estimate of drug-likeness (QED) is 0.505. The van der Waals surface area contributed by atoms with Crippen molar-refractivity contribution < 1.29 is 26.7 Å². The largest absolute Gasteiger partial charge is 0.405 e. The minimum absolute atomic E-state index is 0.0419. The van der Waals surface area contributed by atoms with Gasteiger partial charge in [0.2, 0.25) is 16.0 Å². The first-order chi connectivity index (χ1) is 13.1. The highest BCUT2D eigenvalue weighted by Crippen LogP contribution is 2.21. The Hall–Kier alpha value is -2.95. The molecule has 2 aromatic rings. The Bertz CT molecular complexity index is 958. The fourth-order valence-corrected chi connectivity index (χ4v) is 2.97. The summed E-state index contributed by atoms with van der Waals surface area (Å²) in [6.07, 6.45) is -3.43. The first-order valence-electron chi connectivity index (χ1n) is 7.70. The van der Waals surface area contributed by atoms with E-state index < -0.39 is 22.7 Å². The zero-order valence-corrected chi connectivity index (χ0v) is 15.0. The molecular weight excluding hydrogens is 401 g/mol. The van der Waals surface area contributed by atoms with Gasteiger partial charge in [0.05, 0.1) is 17.7 Å². The van der Waals surface area contributed by atoms with Crippen LogP contribution in [0.1, 0.15) is 5.56 Å². The number of anilines is 3. The van der Waals surface area contributed by atoms with Crippen LogP contribution < -0.4 is 15.4 Å². The summed E-state index contributed by atoms with van der Waals surface area (Å²) in [4.78, 5) is 7.63. The van der Waals surface area contributed by atoms with E-state index in [-0.39, 0.29) is 35.4 Å². The number of hydrogen-bond acceptors (Lipinski definition) is 8. The van der Waals surface area contributed by atoms with Gasteiger partial charge in [0, 0.05) is 12.2 Å². The highest BCUT2D eigenvalue weighted by Gasteiger charge is 2.27. The van der Waals surface area contributed by atoms with Crippen LogP contribution in [0, 0.1) is 11.3 Å². The normalized spacial score (nSPS) is 11.7. The average Bonchev–Trinajstić information content (AvgIpc) is 2.65. The van der Waals surface area contributed by atoms with Crippen LogP contribution in [0.3, 0.4) is 0 Å². The number of nitrogens with one attached hydrogen (secondary N) is 3. The Morgan fingerprint density at radius 2 is 1.89 bits per heavy atom. The maximum Gasteiger partial charge on any atom is 0.405 e. The van der Waals surface area contributed by atoms with Gasteiger partial charge in [-0.05, 0) is 24.3 Å². The molecule has 0 amide bonds. The monoisotopic (exact) mass is 416 g/mol. The lowest BCUT2D eigenvalue weighted by Gasteiger charge is -2.12. The number of aliphatic hydroxyl groups excluding tert-OH is 1. The summed E-state index contributed by atoms with van der Waals surface area (Å²) in [5.41, 5.74) is 0.207. The van der Waals surface area contributed by atoms with Crippen LogP contribution in [0.2, 0.25) is 0 Å². The molecule has 13 heteroatoms. The molecule has 0 fully saturated rings. The molecule has 0 radical (unpaired) electrons. The molecule has 4 N–H and O–H groups in total. The number of aromatic nitrogens is 2. The molecule has 0 bridgehead atoms. The predicted molar refractivity (Wildman–Crippen MR) is 93.3 cm³/mol. The molecule has 1 aromatic heterocycles. The van der Waals surface area contributed by atoms with Crippen molar-refractivity contribution in [1.82, 2.24) is 14.7 Å². The van der Waals surface area contributed by atoms with E-state index in [4.69, 9.17) is 10.4 Å². The summed E-state index contributed by atoms with van der Waals surface area (Å²) in [7, 11) is -3.77. The number of alkyl halides is 3. The molecule has 1 aromatic carbocycles. The highest BCUT2D eigenvalue weighted by atomic mass is 32.2. The molecule has 1 heterocycles. The fraction of sp³-hybridized carbons (Fsp3) is 0.267. The van der Waals surface area contributed by atoms with Gasteiger partial charge in [0.15, 0.2) is 0 Å². The van der Waals surface area contributed by atoms with Crippen LogP contribution in [0.15, 0.2) is 35.4 Å². The second kappa shape index (κ2) is 8.83. The zero-order chi connectivity index (χ0) is 20.8. The highest BCUT2D eigenvalue weighted by molar-refractivity contribution is 7.89. The maximum absolute atomic E-state index is 12.4. The Kier molecular flexibility index (Phi) is 6.73. The van der Waals surface area contributed by atoms with E-state index in [0.717, 1.165) is 6.20 Å². The average molecular weight is 416 g/mol. The van der Waals surface area contributed by atoms with E-state index >= 15 is 0 Å². The van der Waals surface area contributed by atoms with E-state index in [1.54, 1.807) is 6.07 Å². The lowest BCUT2D eigenvalue weighted by atomic mass is 10.3. The molecule has 0 atom stereocenters. The number of nitriles is 1. The molecule has 0 spiro atoms. The Morgan fingerprint density at radius 1 is 1.21 bits per heavy atom. The van der Waals surface area contributed by atoms with Crippen molar-refractivity contribution in [3.63, 3.8) is 0 Å². The second-order valence-corrected chi connectivity index (χ2v) is 7.07. The van der Waals surface area contributed by atoms with Crippen LogP contribution in [0.5, 0.6) is 0 Å². The molecule has 28 heavy (non-hydrogen) atoms. The molecule has 150 valence electrons. The SMILES string of the molecule is N#Cc1cnc(Nc2ccc(S(=O)(=O)NCCO)cc2)nc1NCC(F)(F)F. The number of nitrogens with zero attached hydrogens (tertiary/aromatic N) is 3. The molecule has 0 aliphatic rings. The fourth-order valence-electron chi connectivity index (χ4n) is 1.95. The Morgan fingerprint density at radius 3 is 2.46 bits per heavy atom. The lowest BCUT2D eigenvalue weighted by Crippen LogP contribution is -2.26. The van der Waals surface area contributed by atoms with E-state index in [9.17, 15) is 21.6 Å². The van der Waals surface area contributed by atoms with Crippen LogP contribution in [-0.2, 0) is 10.0 Å². The number of halogens is 3. The van der Waals surface area contributed by atoms with Crippen molar-refractivity contribution >= 4 is 27.5 Å². The van der Waals surface area contributed by atoms with Gasteiger partial charge in [-0.15, -0.1) is 0 Å². The van der Waals surface area contributed by atoms with Crippen molar-refractivity contribution in [3.05, 3.63) is 36.0 Å². The van der Waals surface area contributed by atoms with Crippen molar-refractivity contribution in [1.29, 1.82) is 5.26 Å². The van der Waals surface area contributed by atoms with Gasteiger partial charge in [0.1, 0.15) is 24.0 Å². The van der Waals surface area contributed by atoms with Crippen molar-refractivity contribution in [3.8, 4) is 6.07 Å². The third-order valence-corrected chi connectivity index (χ3v) is 4.67. The van der Waals surface area contributed by atoms with E-state index in [0.29, 0.717) is 5.69 Å². The molecule has 9 nitrogen and oxygen atoms in total. The van der Waals surface area contributed by atoms with Gasteiger partial charge in [-0.25, -0.2) is 18.1 Å². The number of hydrogen-bond donors (Lipinski definition) is 4. The molecular formula is C15H15F3N6O3S. The van der Waals surface area contributed by atoms with Gasteiger partial charge in [0.25, 0.3) is 0 Å². The summed E-state index contributed by atoms with van der Waals surface area (Å²) >= 11 is 0. The van der Waals surface area contributed by atoms with Crippen LogP contribution in [-0.4, -0.2) is 49.4 Å². The Labute approximate surface area is 158 Å². The molecule has 2 rings (SSSR count). The first-order valence-corrected chi connectivity index (χ1v) is 9.18. The Balaban J connectivity index is 2.16. The maximum atomic E-state index is 12.4. The van der Waals surface area contributed by atoms with Gasteiger partial charge < -0.3 is 15.7 Å². The van der Waals surface area contributed by atoms with E-state index in [1.807, 2.05) is 5.32 Å².